The van der Waals surface area contributed by atoms with Gasteiger partial charge in [-0.2, -0.15) is 13.2 Å². The lowest BCUT2D eigenvalue weighted by molar-refractivity contribution is -0.141. The molecule has 2 aromatic heterocycles. The molecule has 2 amide bonds. The summed E-state index contributed by atoms with van der Waals surface area (Å²) < 4.78 is 44.5. The van der Waals surface area contributed by atoms with Crippen LogP contribution in [0.15, 0.2) is 59.3 Å². The molecule has 0 radical (unpaired) electrons. The van der Waals surface area contributed by atoms with Gasteiger partial charge in [-0.1, -0.05) is 6.07 Å². The summed E-state index contributed by atoms with van der Waals surface area (Å²) in [7, 11) is 0. The number of nitrogens with zero attached hydrogens (tertiary/aromatic N) is 3. The Morgan fingerprint density at radius 2 is 1.84 bits per heavy atom. The van der Waals surface area contributed by atoms with Crippen molar-refractivity contribution in [1.29, 1.82) is 0 Å². The summed E-state index contributed by atoms with van der Waals surface area (Å²) >= 11 is 0. The molecule has 1 aliphatic rings. The van der Waals surface area contributed by atoms with Gasteiger partial charge in [-0.15, -0.1) is 0 Å². The Labute approximate surface area is 175 Å². The number of amides is 2. The third kappa shape index (κ3) is 3.78. The summed E-state index contributed by atoms with van der Waals surface area (Å²) in [5.74, 6) is -0.470. The molecular formula is C22H18F3N3O3. The molecule has 31 heavy (non-hydrogen) atoms. The lowest BCUT2D eigenvalue weighted by Gasteiger charge is -2.40. The van der Waals surface area contributed by atoms with Crippen LogP contribution in [-0.2, 0) is 11.0 Å². The smallest absolute Gasteiger partial charge is 0.433 e. The van der Waals surface area contributed by atoms with Crippen LogP contribution in [0.5, 0.6) is 0 Å². The molecule has 0 spiro atoms. The van der Waals surface area contributed by atoms with Crippen LogP contribution in [-0.4, -0.2) is 29.4 Å². The fraction of sp³-hybridized carbons (Fsp3) is 0.227. The Morgan fingerprint density at radius 3 is 2.48 bits per heavy atom. The fourth-order valence-corrected chi connectivity index (χ4v) is 3.78. The minimum atomic E-state index is -4.58. The molecule has 0 saturated heterocycles. The molecule has 3 heterocycles. The first-order valence-electron chi connectivity index (χ1n) is 9.49. The van der Waals surface area contributed by atoms with Gasteiger partial charge in [0.05, 0.1) is 23.7 Å². The lowest BCUT2D eigenvalue weighted by Crippen LogP contribution is -2.51. The van der Waals surface area contributed by atoms with Crippen molar-refractivity contribution < 1.29 is 27.2 Å². The molecule has 0 saturated carbocycles. The molecule has 3 aromatic rings. The largest absolute Gasteiger partial charge is 0.459 e. The van der Waals surface area contributed by atoms with Crippen LogP contribution in [0.4, 0.5) is 24.5 Å². The van der Waals surface area contributed by atoms with Gasteiger partial charge in [0.25, 0.3) is 5.91 Å². The Kier molecular flexibility index (Phi) is 5.04. The van der Waals surface area contributed by atoms with Crippen molar-refractivity contribution in [3.05, 3.63) is 66.4 Å². The zero-order valence-corrected chi connectivity index (χ0v) is 16.7. The van der Waals surface area contributed by atoms with Crippen LogP contribution in [0.2, 0.25) is 0 Å². The molecule has 4 rings (SSSR count). The van der Waals surface area contributed by atoms with Crippen molar-refractivity contribution in [1.82, 2.24) is 4.98 Å². The van der Waals surface area contributed by atoms with E-state index in [0.29, 0.717) is 22.5 Å². The zero-order valence-electron chi connectivity index (χ0n) is 16.7. The average Bonchev–Trinajstić information content (AvgIpc) is 3.26. The maximum atomic E-state index is 13.1. The quantitative estimate of drug-likeness (QED) is 0.589. The van der Waals surface area contributed by atoms with Crippen molar-refractivity contribution >= 4 is 23.2 Å². The molecule has 1 aliphatic heterocycles. The third-order valence-electron chi connectivity index (χ3n) is 5.11. The van der Waals surface area contributed by atoms with E-state index in [1.807, 2.05) is 6.92 Å². The number of carbonyl (C=O) groups is 2. The highest BCUT2D eigenvalue weighted by atomic mass is 19.4. The van der Waals surface area contributed by atoms with Crippen molar-refractivity contribution in [2.45, 2.75) is 26.1 Å². The fourth-order valence-electron chi connectivity index (χ4n) is 3.78. The summed E-state index contributed by atoms with van der Waals surface area (Å²) in [5, 5.41) is 0. The second kappa shape index (κ2) is 7.57. The summed E-state index contributed by atoms with van der Waals surface area (Å²) in [6.07, 6.45) is -2.10. The first kappa shape index (κ1) is 20.6. The molecule has 1 atom stereocenters. The number of pyridine rings is 1. The SMILES string of the molecule is CC(=O)N1c2ccc(-c3ccnc(C(F)(F)F)c3)cc2N(C(=O)c2ccco2)C[C@@H]1C. The number of fused-ring (bicyclic) bond motifs is 1. The number of anilines is 2. The van der Waals surface area contributed by atoms with E-state index in [1.54, 1.807) is 29.2 Å². The number of hydrogen-bond donors (Lipinski definition) is 0. The van der Waals surface area contributed by atoms with E-state index >= 15 is 0 Å². The van der Waals surface area contributed by atoms with Gasteiger partial charge in [-0.25, -0.2) is 0 Å². The van der Waals surface area contributed by atoms with Crippen molar-refractivity contribution in [3.8, 4) is 11.1 Å². The lowest BCUT2D eigenvalue weighted by atomic mass is 10.0. The van der Waals surface area contributed by atoms with Gasteiger partial charge >= 0.3 is 6.18 Å². The highest BCUT2D eigenvalue weighted by Gasteiger charge is 2.35. The van der Waals surface area contributed by atoms with Gasteiger partial charge in [-0.3, -0.25) is 14.6 Å². The van der Waals surface area contributed by atoms with Crippen LogP contribution < -0.4 is 9.80 Å². The predicted octanol–water partition coefficient (Wildman–Crippen LogP) is 4.76. The standard InChI is InChI=1S/C22H18F3N3O3/c1-13-12-27(21(30)19-4-3-9-31-19)18-10-15(5-6-17(18)28(13)14(2)29)16-7-8-26-20(11-16)22(23,24)25/h3-11,13H,12H2,1-2H3/t13-/m0/s1. The first-order chi connectivity index (χ1) is 14.7. The van der Waals surface area contributed by atoms with Gasteiger partial charge in [-0.05, 0) is 54.4 Å². The maximum absolute atomic E-state index is 13.1. The number of alkyl halides is 3. The second-order valence-corrected chi connectivity index (χ2v) is 7.26. The molecule has 1 aromatic carbocycles. The normalized spacial score (nSPS) is 16.2. The molecule has 9 heteroatoms. The van der Waals surface area contributed by atoms with Gasteiger partial charge in [0.15, 0.2) is 5.76 Å². The number of hydrogen-bond acceptors (Lipinski definition) is 4. The minimum absolute atomic E-state index is 0.128. The number of aromatic nitrogens is 1. The van der Waals surface area contributed by atoms with E-state index in [1.165, 1.54) is 30.2 Å². The third-order valence-corrected chi connectivity index (χ3v) is 5.11. The van der Waals surface area contributed by atoms with Crippen molar-refractivity contribution in [2.24, 2.45) is 0 Å². The number of halogens is 3. The number of rotatable bonds is 2. The van der Waals surface area contributed by atoms with E-state index in [4.69, 9.17) is 4.42 Å². The van der Waals surface area contributed by atoms with E-state index < -0.39 is 17.8 Å². The Hall–Kier alpha value is -3.62. The van der Waals surface area contributed by atoms with Gasteiger partial charge in [0.1, 0.15) is 5.69 Å². The Morgan fingerprint density at radius 1 is 1.10 bits per heavy atom. The van der Waals surface area contributed by atoms with E-state index in [-0.39, 0.29) is 24.3 Å². The minimum Gasteiger partial charge on any atom is -0.459 e. The van der Waals surface area contributed by atoms with Crippen LogP contribution in [0, 0.1) is 0 Å². The van der Waals surface area contributed by atoms with Crippen LogP contribution in [0.25, 0.3) is 11.1 Å². The molecule has 0 N–H and O–H groups in total. The molecule has 6 nitrogen and oxygen atoms in total. The maximum Gasteiger partial charge on any atom is 0.433 e. The van der Waals surface area contributed by atoms with Crippen LogP contribution in [0.3, 0.4) is 0 Å². The monoisotopic (exact) mass is 429 g/mol. The van der Waals surface area contributed by atoms with Crippen molar-refractivity contribution in [2.75, 3.05) is 16.3 Å². The number of benzene rings is 1. The summed E-state index contributed by atoms with van der Waals surface area (Å²) in [6.45, 7) is 3.45. The van der Waals surface area contributed by atoms with Gasteiger partial charge < -0.3 is 14.2 Å². The Bertz CT molecular complexity index is 1140. The molecular weight excluding hydrogens is 411 g/mol. The highest BCUT2D eigenvalue weighted by molar-refractivity contribution is 6.10. The second-order valence-electron chi connectivity index (χ2n) is 7.26. The van der Waals surface area contributed by atoms with Crippen LogP contribution >= 0.6 is 0 Å². The average molecular weight is 429 g/mol. The summed E-state index contributed by atoms with van der Waals surface area (Å²) in [5.41, 5.74) is 0.660. The van der Waals surface area contributed by atoms with Gasteiger partial charge in [0.2, 0.25) is 5.91 Å². The Balaban J connectivity index is 1.84. The molecule has 0 aliphatic carbocycles. The number of carbonyl (C=O) groups excluding carboxylic acids is 2. The zero-order chi connectivity index (χ0) is 22.3. The highest BCUT2D eigenvalue weighted by Crippen LogP contribution is 2.40. The molecule has 0 fully saturated rings. The topological polar surface area (TPSA) is 66.7 Å². The molecule has 0 bridgehead atoms. The van der Waals surface area contributed by atoms with Crippen LogP contribution in [0.1, 0.15) is 30.1 Å². The van der Waals surface area contributed by atoms with Crippen molar-refractivity contribution in [3.63, 3.8) is 0 Å². The van der Waals surface area contributed by atoms with E-state index in [2.05, 4.69) is 4.98 Å². The predicted molar refractivity (Wildman–Crippen MR) is 108 cm³/mol. The summed E-state index contributed by atoms with van der Waals surface area (Å²) in [4.78, 5) is 31.7. The molecule has 160 valence electrons. The van der Waals surface area contributed by atoms with Gasteiger partial charge in [0, 0.05) is 19.7 Å². The molecule has 0 unspecified atom stereocenters. The van der Waals surface area contributed by atoms with E-state index in [0.717, 1.165) is 12.3 Å². The summed E-state index contributed by atoms with van der Waals surface area (Å²) in [6, 6.07) is 10.1. The van der Waals surface area contributed by atoms with E-state index in [9.17, 15) is 22.8 Å². The first-order valence-corrected chi connectivity index (χ1v) is 9.49. The number of furan rings is 1.